The van der Waals surface area contributed by atoms with Crippen molar-refractivity contribution in [2.45, 2.75) is 4.90 Å². The maximum Gasteiger partial charge on any atom is 0.339 e. The summed E-state index contributed by atoms with van der Waals surface area (Å²) in [5.74, 6) is -2.17. The van der Waals surface area contributed by atoms with E-state index in [0.29, 0.717) is 6.07 Å². The smallest absolute Gasteiger partial charge is 0.339 e. The number of pyridine rings is 1. The maximum absolute atomic E-state index is 11.2. The van der Waals surface area contributed by atoms with Gasteiger partial charge in [-0.25, -0.2) is 4.79 Å². The Hall–Kier alpha value is -1.19. The fraction of sp³-hybridized carbons (Fsp3) is 0. The molecule has 1 aromatic heterocycles. The van der Waals surface area contributed by atoms with E-state index in [-0.39, 0.29) is 40.5 Å². The Morgan fingerprint density at radius 2 is 1.95 bits per heavy atom. The minimum atomic E-state index is -4.62. The Labute approximate surface area is 129 Å². The topological polar surface area (TPSA) is 125 Å². The Bertz CT molecular complexity index is 758. The van der Waals surface area contributed by atoms with Crippen molar-refractivity contribution >= 4 is 56.5 Å². The molecule has 1 aromatic carbocycles. The van der Waals surface area contributed by atoms with Crippen molar-refractivity contribution in [2.24, 2.45) is 0 Å². The number of carboxylic acid groups (broad SMARTS) is 1. The first kappa shape index (κ1) is 15.9. The van der Waals surface area contributed by atoms with Crippen molar-refractivity contribution < 1.29 is 28.0 Å². The molecule has 7 nitrogen and oxygen atoms in total. The van der Waals surface area contributed by atoms with Gasteiger partial charge in [-0.1, -0.05) is 0 Å². The van der Waals surface area contributed by atoms with Crippen molar-refractivity contribution in [3.8, 4) is 5.75 Å². The molecule has 0 aliphatic carbocycles. The quantitative estimate of drug-likeness (QED) is 0.543. The second-order valence-electron chi connectivity index (χ2n) is 3.45. The monoisotopic (exact) mass is 292 g/mol. The standard InChI is InChI=1S/C10H7NO6S.Na/c12-9-6(10(13)14)4-7(18(15,16)17)5-2-1-3-11-8(5)9;/h1-4,12H,(H,13,14)(H,15,16,17);. The number of benzene rings is 1. The molecule has 0 spiro atoms. The van der Waals surface area contributed by atoms with Gasteiger partial charge in [-0.3, -0.25) is 9.54 Å². The van der Waals surface area contributed by atoms with Crippen LogP contribution in [0.4, 0.5) is 0 Å². The van der Waals surface area contributed by atoms with Gasteiger partial charge >= 0.3 is 5.97 Å². The number of hydrogen-bond donors (Lipinski definition) is 3. The molecular formula is C10H7NNaO6S. The van der Waals surface area contributed by atoms with Gasteiger partial charge < -0.3 is 10.2 Å². The molecule has 0 saturated carbocycles. The molecule has 9 heteroatoms. The number of aromatic hydroxyl groups is 1. The van der Waals surface area contributed by atoms with Gasteiger partial charge in [-0.2, -0.15) is 8.42 Å². The number of carbonyl (C=O) groups is 1. The van der Waals surface area contributed by atoms with Crippen LogP contribution in [0.3, 0.4) is 0 Å². The summed E-state index contributed by atoms with van der Waals surface area (Å²) < 4.78 is 31.4. The number of aromatic carboxylic acids is 1. The van der Waals surface area contributed by atoms with E-state index in [2.05, 4.69) is 4.98 Å². The number of aromatic nitrogens is 1. The van der Waals surface area contributed by atoms with Crippen LogP contribution in [0.2, 0.25) is 0 Å². The van der Waals surface area contributed by atoms with Gasteiger partial charge in [-0.15, -0.1) is 0 Å². The normalized spacial score (nSPS) is 11.0. The van der Waals surface area contributed by atoms with Gasteiger partial charge in [0.15, 0.2) is 5.75 Å². The summed E-state index contributed by atoms with van der Waals surface area (Å²) in [6.45, 7) is 0. The van der Waals surface area contributed by atoms with Gasteiger partial charge in [0.2, 0.25) is 0 Å². The molecule has 0 saturated heterocycles. The Kier molecular flexibility index (Phi) is 4.54. The minimum Gasteiger partial charge on any atom is -0.505 e. The maximum atomic E-state index is 11.2. The summed E-state index contributed by atoms with van der Waals surface area (Å²) in [7, 11) is -4.62. The number of nitrogens with zero attached hydrogens (tertiary/aromatic N) is 1. The zero-order chi connectivity index (χ0) is 13.5. The van der Waals surface area contributed by atoms with Crippen LogP contribution in [0.1, 0.15) is 10.4 Å². The third-order valence-corrected chi connectivity index (χ3v) is 3.23. The second kappa shape index (κ2) is 5.43. The summed E-state index contributed by atoms with van der Waals surface area (Å²) in [5, 5.41) is 18.5. The van der Waals surface area contributed by atoms with E-state index in [1.165, 1.54) is 18.3 Å². The molecule has 1 radical (unpaired) electrons. The zero-order valence-electron chi connectivity index (χ0n) is 9.73. The number of fused-ring (bicyclic) bond motifs is 1. The van der Waals surface area contributed by atoms with E-state index < -0.39 is 32.3 Å². The summed E-state index contributed by atoms with van der Waals surface area (Å²) in [4.78, 5) is 14.0. The first-order chi connectivity index (χ1) is 8.32. The summed E-state index contributed by atoms with van der Waals surface area (Å²) in [6, 6.07) is 3.39. The van der Waals surface area contributed by atoms with Gasteiger partial charge in [0.1, 0.15) is 16.0 Å². The van der Waals surface area contributed by atoms with Crippen LogP contribution >= 0.6 is 0 Å². The number of hydrogen-bond acceptors (Lipinski definition) is 5. The van der Waals surface area contributed by atoms with E-state index in [4.69, 9.17) is 9.66 Å². The Balaban J connectivity index is 0.00000180. The summed E-state index contributed by atoms with van der Waals surface area (Å²) >= 11 is 0. The molecule has 0 bridgehead atoms. The molecule has 19 heavy (non-hydrogen) atoms. The van der Waals surface area contributed by atoms with Gasteiger partial charge in [-0.05, 0) is 18.2 Å². The molecule has 0 atom stereocenters. The fourth-order valence-corrected chi connectivity index (χ4v) is 2.28. The average Bonchev–Trinajstić information content (AvgIpc) is 2.27. The molecular weight excluding hydrogens is 285 g/mol. The van der Waals surface area contributed by atoms with Gasteiger partial charge in [0.25, 0.3) is 10.1 Å². The molecule has 0 aliphatic rings. The molecule has 95 valence electrons. The predicted molar refractivity (Wildman–Crippen MR) is 65.9 cm³/mol. The van der Waals surface area contributed by atoms with Crippen molar-refractivity contribution in [2.75, 3.05) is 0 Å². The SMILES string of the molecule is O=C(O)c1cc(S(=O)(=O)O)c2cccnc2c1O.[Na]. The summed E-state index contributed by atoms with van der Waals surface area (Å²) in [6.07, 6.45) is 1.27. The van der Waals surface area contributed by atoms with E-state index >= 15 is 0 Å². The Morgan fingerprint density at radius 1 is 1.32 bits per heavy atom. The molecule has 0 amide bonds. The molecule has 2 aromatic rings. The van der Waals surface area contributed by atoms with E-state index in [9.17, 15) is 18.3 Å². The van der Waals surface area contributed by atoms with E-state index in [0.717, 1.165) is 0 Å². The third-order valence-electron chi connectivity index (χ3n) is 2.34. The molecule has 2 rings (SSSR count). The van der Waals surface area contributed by atoms with Crippen molar-refractivity contribution in [1.29, 1.82) is 0 Å². The fourth-order valence-electron chi connectivity index (χ4n) is 1.57. The predicted octanol–water partition coefficient (Wildman–Crippen LogP) is 0.504. The Morgan fingerprint density at radius 3 is 2.47 bits per heavy atom. The van der Waals surface area contributed by atoms with Crippen LogP contribution in [0, 0.1) is 0 Å². The van der Waals surface area contributed by atoms with Crippen LogP contribution < -0.4 is 0 Å². The largest absolute Gasteiger partial charge is 0.505 e. The van der Waals surface area contributed by atoms with E-state index in [1.807, 2.05) is 0 Å². The zero-order valence-corrected chi connectivity index (χ0v) is 12.5. The number of carboxylic acids is 1. The van der Waals surface area contributed by atoms with Crippen LogP contribution in [-0.2, 0) is 10.1 Å². The van der Waals surface area contributed by atoms with Gasteiger partial charge in [0.05, 0.1) is 0 Å². The molecule has 0 unspecified atom stereocenters. The minimum absolute atomic E-state index is 0. The molecule has 0 fully saturated rings. The molecule has 1 heterocycles. The van der Waals surface area contributed by atoms with Crippen molar-refractivity contribution in [3.63, 3.8) is 0 Å². The van der Waals surface area contributed by atoms with E-state index in [1.54, 1.807) is 0 Å². The average molecular weight is 292 g/mol. The van der Waals surface area contributed by atoms with Crippen LogP contribution in [-0.4, -0.2) is 63.7 Å². The number of phenols is 1. The van der Waals surface area contributed by atoms with Crippen LogP contribution in [0.5, 0.6) is 5.75 Å². The molecule has 0 aliphatic heterocycles. The summed E-state index contributed by atoms with van der Waals surface area (Å²) in [5.41, 5.74) is -0.848. The van der Waals surface area contributed by atoms with Gasteiger partial charge in [0, 0.05) is 41.1 Å². The number of rotatable bonds is 2. The van der Waals surface area contributed by atoms with Crippen LogP contribution in [0.15, 0.2) is 29.3 Å². The first-order valence-electron chi connectivity index (χ1n) is 4.64. The molecule has 3 N–H and O–H groups in total. The van der Waals surface area contributed by atoms with Crippen LogP contribution in [0.25, 0.3) is 10.9 Å². The third kappa shape index (κ3) is 2.88. The second-order valence-corrected chi connectivity index (χ2v) is 4.84. The van der Waals surface area contributed by atoms with Crippen molar-refractivity contribution in [1.82, 2.24) is 4.98 Å². The first-order valence-corrected chi connectivity index (χ1v) is 6.08. The van der Waals surface area contributed by atoms with Crippen molar-refractivity contribution in [3.05, 3.63) is 30.0 Å².